The van der Waals surface area contributed by atoms with Gasteiger partial charge in [-0.1, -0.05) is 29.8 Å². The van der Waals surface area contributed by atoms with Crippen LogP contribution in [0.5, 0.6) is 5.75 Å². The van der Waals surface area contributed by atoms with Crippen molar-refractivity contribution in [1.29, 1.82) is 0 Å². The van der Waals surface area contributed by atoms with Crippen molar-refractivity contribution < 1.29 is 14.3 Å². The highest BCUT2D eigenvalue weighted by Crippen LogP contribution is 2.36. The van der Waals surface area contributed by atoms with Crippen LogP contribution in [0.15, 0.2) is 42.5 Å². The topological polar surface area (TPSA) is 67.4 Å². The molecule has 128 valence electrons. The van der Waals surface area contributed by atoms with Gasteiger partial charge in [-0.25, -0.2) is 0 Å². The van der Waals surface area contributed by atoms with E-state index >= 15 is 0 Å². The fourth-order valence-electron chi connectivity index (χ4n) is 2.39. The average Bonchev–Trinajstić information content (AvgIpc) is 2.93. The summed E-state index contributed by atoms with van der Waals surface area (Å²) in [6, 6.07) is 12.6. The summed E-state index contributed by atoms with van der Waals surface area (Å²) in [7, 11) is 1.53. The Hall–Kier alpha value is -2.57. The van der Waals surface area contributed by atoms with E-state index in [0.717, 1.165) is 10.1 Å². The number of thiophene rings is 1. The standard InChI is InChI=1S/C18H15ClN2O3S/c1-10(22)20-13-8-7-11(24-2)9-14(13)21-18(23)17-16(19)12-5-3-4-6-15(12)25-17/h3-9H,1-2H3,(H,20,22)(H,21,23). The number of hydrogen-bond donors (Lipinski definition) is 2. The number of carbonyl (C=O) groups excluding carboxylic acids is 2. The predicted octanol–water partition coefficient (Wildman–Crippen LogP) is 4.77. The largest absolute Gasteiger partial charge is 0.497 e. The lowest BCUT2D eigenvalue weighted by atomic mass is 10.2. The molecule has 1 aromatic heterocycles. The number of rotatable bonds is 4. The van der Waals surface area contributed by atoms with E-state index in [9.17, 15) is 9.59 Å². The second-order valence-corrected chi connectivity index (χ2v) is 6.72. The van der Waals surface area contributed by atoms with Gasteiger partial charge in [0.2, 0.25) is 5.91 Å². The van der Waals surface area contributed by atoms with Crippen LogP contribution in [0.3, 0.4) is 0 Å². The van der Waals surface area contributed by atoms with Gasteiger partial charge in [-0.15, -0.1) is 11.3 Å². The lowest BCUT2D eigenvalue weighted by Gasteiger charge is -2.12. The van der Waals surface area contributed by atoms with E-state index in [2.05, 4.69) is 10.6 Å². The van der Waals surface area contributed by atoms with Crippen LogP contribution in [0.25, 0.3) is 10.1 Å². The molecule has 25 heavy (non-hydrogen) atoms. The van der Waals surface area contributed by atoms with Crippen molar-refractivity contribution in [3.8, 4) is 5.75 Å². The van der Waals surface area contributed by atoms with E-state index in [1.807, 2.05) is 24.3 Å². The number of amides is 2. The van der Waals surface area contributed by atoms with E-state index in [-0.39, 0.29) is 11.8 Å². The maximum absolute atomic E-state index is 12.7. The number of ether oxygens (including phenoxy) is 1. The van der Waals surface area contributed by atoms with Gasteiger partial charge < -0.3 is 15.4 Å². The lowest BCUT2D eigenvalue weighted by Crippen LogP contribution is -2.14. The first-order chi connectivity index (χ1) is 12.0. The maximum Gasteiger partial charge on any atom is 0.267 e. The lowest BCUT2D eigenvalue weighted by molar-refractivity contribution is -0.114. The van der Waals surface area contributed by atoms with Gasteiger partial charge in [0.15, 0.2) is 0 Å². The van der Waals surface area contributed by atoms with Crippen LogP contribution in [-0.4, -0.2) is 18.9 Å². The van der Waals surface area contributed by atoms with Gasteiger partial charge in [0.05, 0.1) is 23.5 Å². The van der Waals surface area contributed by atoms with Crippen molar-refractivity contribution in [2.75, 3.05) is 17.7 Å². The minimum absolute atomic E-state index is 0.236. The number of hydrogen-bond acceptors (Lipinski definition) is 4. The van der Waals surface area contributed by atoms with E-state index in [1.54, 1.807) is 18.2 Å². The van der Waals surface area contributed by atoms with Crippen molar-refractivity contribution in [3.63, 3.8) is 0 Å². The van der Waals surface area contributed by atoms with Gasteiger partial charge in [-0.2, -0.15) is 0 Å². The van der Waals surface area contributed by atoms with Gasteiger partial charge in [-0.3, -0.25) is 9.59 Å². The van der Waals surface area contributed by atoms with Crippen molar-refractivity contribution in [2.45, 2.75) is 6.92 Å². The number of methoxy groups -OCH3 is 1. The quantitative estimate of drug-likeness (QED) is 0.691. The molecule has 0 bridgehead atoms. The van der Waals surface area contributed by atoms with Crippen molar-refractivity contribution in [2.24, 2.45) is 0 Å². The molecule has 2 aromatic carbocycles. The molecule has 0 aliphatic heterocycles. The highest BCUT2D eigenvalue weighted by Gasteiger charge is 2.18. The Morgan fingerprint density at radius 1 is 1.08 bits per heavy atom. The highest BCUT2D eigenvalue weighted by atomic mass is 35.5. The zero-order valence-electron chi connectivity index (χ0n) is 13.6. The summed E-state index contributed by atoms with van der Waals surface area (Å²) in [6.45, 7) is 1.40. The number of benzene rings is 2. The molecule has 2 amide bonds. The summed E-state index contributed by atoms with van der Waals surface area (Å²) < 4.78 is 6.12. The first kappa shape index (κ1) is 17.3. The maximum atomic E-state index is 12.7. The van der Waals surface area contributed by atoms with E-state index in [0.29, 0.717) is 27.0 Å². The predicted molar refractivity (Wildman–Crippen MR) is 102 cm³/mol. The normalized spacial score (nSPS) is 10.5. The molecular formula is C18H15ClN2O3S. The second kappa shape index (κ2) is 7.13. The Morgan fingerprint density at radius 3 is 2.52 bits per heavy atom. The van der Waals surface area contributed by atoms with Crippen LogP contribution in [-0.2, 0) is 4.79 Å². The summed E-state index contributed by atoms with van der Waals surface area (Å²) in [4.78, 5) is 24.5. The van der Waals surface area contributed by atoms with Gasteiger partial charge in [0.25, 0.3) is 5.91 Å². The molecular weight excluding hydrogens is 360 g/mol. The fraction of sp³-hybridized carbons (Fsp3) is 0.111. The fourth-order valence-corrected chi connectivity index (χ4v) is 3.80. The first-order valence-electron chi connectivity index (χ1n) is 7.43. The molecule has 0 saturated heterocycles. The first-order valence-corrected chi connectivity index (χ1v) is 8.63. The van der Waals surface area contributed by atoms with Gasteiger partial charge >= 0.3 is 0 Å². The Kier molecular flexibility index (Phi) is 4.92. The summed E-state index contributed by atoms with van der Waals surface area (Å²) in [5, 5.41) is 6.74. The second-order valence-electron chi connectivity index (χ2n) is 5.29. The molecule has 2 N–H and O–H groups in total. The van der Waals surface area contributed by atoms with Crippen LogP contribution in [0.2, 0.25) is 5.02 Å². The van der Waals surface area contributed by atoms with E-state index in [4.69, 9.17) is 16.3 Å². The molecule has 0 atom stereocenters. The molecule has 0 fully saturated rings. The van der Waals surface area contributed by atoms with Gasteiger partial charge in [-0.05, 0) is 18.2 Å². The smallest absolute Gasteiger partial charge is 0.267 e. The van der Waals surface area contributed by atoms with Crippen LogP contribution in [0, 0.1) is 0 Å². The molecule has 0 saturated carbocycles. The van der Waals surface area contributed by atoms with Crippen LogP contribution >= 0.6 is 22.9 Å². The average molecular weight is 375 g/mol. The van der Waals surface area contributed by atoms with Crippen molar-refractivity contribution in [1.82, 2.24) is 0 Å². The zero-order chi connectivity index (χ0) is 18.0. The number of nitrogens with one attached hydrogen (secondary N) is 2. The van der Waals surface area contributed by atoms with Crippen molar-refractivity contribution >= 4 is 56.2 Å². The molecule has 0 unspecified atom stereocenters. The Bertz CT molecular complexity index is 968. The number of halogens is 1. The van der Waals surface area contributed by atoms with Crippen molar-refractivity contribution in [3.05, 3.63) is 52.4 Å². The minimum atomic E-state index is -0.342. The number of carbonyl (C=O) groups is 2. The SMILES string of the molecule is COc1ccc(NC(C)=O)c(NC(=O)c2sc3ccccc3c2Cl)c1. The Labute approximate surface area is 153 Å². The molecule has 3 aromatic rings. The molecule has 7 heteroatoms. The third-order valence-electron chi connectivity index (χ3n) is 3.53. The summed E-state index contributed by atoms with van der Waals surface area (Å²) in [5.41, 5.74) is 0.923. The van der Waals surface area contributed by atoms with E-state index in [1.165, 1.54) is 25.4 Å². The molecule has 0 spiro atoms. The van der Waals surface area contributed by atoms with Gasteiger partial charge in [0.1, 0.15) is 10.6 Å². The zero-order valence-corrected chi connectivity index (χ0v) is 15.1. The number of anilines is 2. The summed E-state index contributed by atoms with van der Waals surface area (Å²) >= 11 is 7.67. The molecule has 0 aliphatic carbocycles. The summed E-state index contributed by atoms with van der Waals surface area (Å²) in [6.07, 6.45) is 0. The molecule has 3 rings (SSSR count). The minimum Gasteiger partial charge on any atom is -0.497 e. The van der Waals surface area contributed by atoms with Gasteiger partial charge in [0, 0.05) is 23.1 Å². The monoisotopic (exact) mass is 374 g/mol. The molecule has 5 nitrogen and oxygen atoms in total. The molecule has 0 aliphatic rings. The Morgan fingerprint density at radius 2 is 1.84 bits per heavy atom. The molecule has 1 heterocycles. The highest BCUT2D eigenvalue weighted by molar-refractivity contribution is 7.21. The van der Waals surface area contributed by atoms with Crippen LogP contribution in [0.1, 0.15) is 16.6 Å². The third-order valence-corrected chi connectivity index (χ3v) is 5.20. The summed E-state index contributed by atoms with van der Waals surface area (Å²) in [5.74, 6) is -0.0153. The number of fused-ring (bicyclic) bond motifs is 1. The van der Waals surface area contributed by atoms with Crippen LogP contribution < -0.4 is 15.4 Å². The Balaban J connectivity index is 1.96. The third kappa shape index (κ3) is 3.60. The molecule has 0 radical (unpaired) electrons. The van der Waals surface area contributed by atoms with Crippen LogP contribution in [0.4, 0.5) is 11.4 Å². The van der Waals surface area contributed by atoms with E-state index < -0.39 is 0 Å².